The van der Waals surface area contributed by atoms with Gasteiger partial charge in [0.2, 0.25) is 0 Å². The van der Waals surface area contributed by atoms with Gasteiger partial charge in [0.25, 0.3) is 0 Å². The second-order valence-corrected chi connectivity index (χ2v) is 9.94. The number of ether oxygens (including phenoxy) is 2. The molecule has 0 saturated carbocycles. The Morgan fingerprint density at radius 2 is 1.71 bits per heavy atom. The lowest BCUT2D eigenvalue weighted by atomic mass is 10.1. The van der Waals surface area contributed by atoms with Crippen LogP contribution < -0.4 is 19.7 Å². The largest absolute Gasteiger partial charge is 0.490 e. The minimum absolute atomic E-state index is 0.485. The van der Waals surface area contributed by atoms with Crippen molar-refractivity contribution in [1.82, 2.24) is 0 Å². The fourth-order valence-electron chi connectivity index (χ4n) is 4.18. The van der Waals surface area contributed by atoms with Crippen LogP contribution in [-0.4, -0.2) is 19.7 Å². The van der Waals surface area contributed by atoms with Gasteiger partial charge in [0, 0.05) is 25.3 Å². The predicted molar refractivity (Wildman–Crippen MR) is 146 cm³/mol. The van der Waals surface area contributed by atoms with Crippen molar-refractivity contribution in [2.45, 2.75) is 46.3 Å². The van der Waals surface area contributed by atoms with Gasteiger partial charge in [0.1, 0.15) is 6.61 Å². The number of nitrogens with one attached hydrogen (secondary N) is 1. The molecule has 0 aromatic heterocycles. The zero-order chi connectivity index (χ0) is 23.9. The van der Waals surface area contributed by atoms with E-state index in [9.17, 15) is 0 Å². The Labute approximate surface area is 216 Å². The molecule has 0 radical (unpaired) electrons. The quantitative estimate of drug-likeness (QED) is 0.296. The molecule has 1 aliphatic rings. The average molecular weight is 544 g/mol. The molecule has 0 spiro atoms. The fourth-order valence-corrected chi connectivity index (χ4v) is 5.08. The maximum atomic E-state index is 6.63. The van der Waals surface area contributed by atoms with Crippen LogP contribution in [0.2, 0.25) is 5.02 Å². The summed E-state index contributed by atoms with van der Waals surface area (Å²) in [6.45, 7) is 7.93. The molecule has 0 unspecified atom stereocenters. The van der Waals surface area contributed by atoms with E-state index in [-0.39, 0.29) is 0 Å². The van der Waals surface area contributed by atoms with Crippen LogP contribution in [-0.2, 0) is 13.2 Å². The van der Waals surface area contributed by atoms with Crippen LogP contribution in [0.25, 0.3) is 0 Å². The molecule has 6 heteroatoms. The van der Waals surface area contributed by atoms with Gasteiger partial charge in [-0.25, -0.2) is 0 Å². The van der Waals surface area contributed by atoms with E-state index >= 15 is 0 Å². The lowest BCUT2D eigenvalue weighted by molar-refractivity contribution is 0.267. The highest BCUT2D eigenvalue weighted by atomic mass is 79.9. The van der Waals surface area contributed by atoms with E-state index in [2.05, 4.69) is 75.5 Å². The Bertz CT molecular complexity index is 1100. The first kappa shape index (κ1) is 24.7. The fraction of sp³-hybridized carbons (Fsp3) is 0.357. The van der Waals surface area contributed by atoms with E-state index in [1.807, 2.05) is 19.1 Å². The van der Waals surface area contributed by atoms with Crippen LogP contribution in [0.1, 0.15) is 42.9 Å². The maximum Gasteiger partial charge on any atom is 0.175 e. The second-order valence-electron chi connectivity index (χ2n) is 8.68. The highest BCUT2D eigenvalue weighted by Crippen LogP contribution is 2.38. The Morgan fingerprint density at radius 1 is 0.941 bits per heavy atom. The number of hydrogen-bond donors (Lipinski definition) is 1. The number of rotatable bonds is 9. The summed E-state index contributed by atoms with van der Waals surface area (Å²) in [7, 11) is 0. The maximum absolute atomic E-state index is 6.63. The average Bonchev–Trinajstić information content (AvgIpc) is 2.84. The zero-order valence-corrected chi connectivity index (χ0v) is 22.2. The third kappa shape index (κ3) is 6.39. The van der Waals surface area contributed by atoms with Crippen molar-refractivity contribution in [1.29, 1.82) is 0 Å². The van der Waals surface area contributed by atoms with Gasteiger partial charge in [-0.15, -0.1) is 0 Å². The molecule has 4 rings (SSSR count). The van der Waals surface area contributed by atoms with Gasteiger partial charge in [-0.2, -0.15) is 0 Å². The summed E-state index contributed by atoms with van der Waals surface area (Å²) in [5.41, 5.74) is 5.58. The third-order valence-electron chi connectivity index (χ3n) is 6.01. The first-order valence-corrected chi connectivity index (χ1v) is 13.1. The molecule has 1 N–H and O–H groups in total. The molecule has 0 amide bonds. The molecule has 0 bridgehead atoms. The number of halogens is 2. The molecule has 34 heavy (non-hydrogen) atoms. The summed E-state index contributed by atoms with van der Waals surface area (Å²) in [4.78, 5) is 2.39. The highest BCUT2D eigenvalue weighted by Gasteiger charge is 2.15. The summed E-state index contributed by atoms with van der Waals surface area (Å²) in [5.74, 6) is 1.46. The van der Waals surface area contributed by atoms with Crippen molar-refractivity contribution >= 4 is 38.9 Å². The molecule has 3 aromatic rings. The van der Waals surface area contributed by atoms with Crippen LogP contribution in [0.15, 0.2) is 59.1 Å². The first-order valence-electron chi connectivity index (χ1n) is 12.0. The Morgan fingerprint density at radius 3 is 2.41 bits per heavy atom. The van der Waals surface area contributed by atoms with Gasteiger partial charge in [0.15, 0.2) is 11.5 Å². The first-order chi connectivity index (χ1) is 16.5. The molecule has 1 saturated heterocycles. The molecule has 0 aliphatic carbocycles. The van der Waals surface area contributed by atoms with Gasteiger partial charge in [-0.05, 0) is 90.5 Å². The van der Waals surface area contributed by atoms with Crippen molar-refractivity contribution in [3.05, 3.63) is 80.8 Å². The molecule has 1 fully saturated rings. The standard InChI is InChI=1S/C28H32BrClN2O2/c1-3-33-27-16-22(15-24(29)28(27)34-19-21-9-7-20(2)8-10-21)18-31-23-11-12-26(25(30)17-23)32-13-5-4-6-14-32/h7-12,15-17,31H,3-6,13-14,18-19H2,1-2H3. The zero-order valence-electron chi connectivity index (χ0n) is 19.9. The second kappa shape index (κ2) is 11.9. The van der Waals surface area contributed by atoms with E-state index in [0.717, 1.165) is 56.6 Å². The van der Waals surface area contributed by atoms with Gasteiger partial charge >= 0.3 is 0 Å². The monoisotopic (exact) mass is 542 g/mol. The minimum atomic E-state index is 0.485. The lowest BCUT2D eigenvalue weighted by Crippen LogP contribution is -2.29. The van der Waals surface area contributed by atoms with E-state index in [1.165, 1.54) is 24.8 Å². The van der Waals surface area contributed by atoms with E-state index in [4.69, 9.17) is 21.1 Å². The molecular weight excluding hydrogens is 512 g/mol. The van der Waals surface area contributed by atoms with E-state index in [1.54, 1.807) is 0 Å². The Balaban J connectivity index is 1.43. The molecule has 180 valence electrons. The summed E-state index contributed by atoms with van der Waals surface area (Å²) in [6.07, 6.45) is 3.78. The van der Waals surface area contributed by atoms with Crippen molar-refractivity contribution in [3.63, 3.8) is 0 Å². The van der Waals surface area contributed by atoms with Gasteiger partial charge in [-0.1, -0.05) is 41.4 Å². The van der Waals surface area contributed by atoms with Gasteiger partial charge in [-0.3, -0.25) is 0 Å². The summed E-state index contributed by atoms with van der Waals surface area (Å²) in [6, 6.07) is 18.7. The summed E-state index contributed by atoms with van der Waals surface area (Å²) >= 11 is 10.3. The minimum Gasteiger partial charge on any atom is -0.490 e. The van der Waals surface area contributed by atoms with Crippen molar-refractivity contribution in [2.24, 2.45) is 0 Å². The summed E-state index contributed by atoms with van der Waals surface area (Å²) in [5, 5.41) is 4.29. The van der Waals surface area contributed by atoms with E-state index in [0.29, 0.717) is 19.8 Å². The van der Waals surface area contributed by atoms with Gasteiger partial charge in [0.05, 0.1) is 21.8 Å². The molecule has 1 heterocycles. The number of hydrogen-bond acceptors (Lipinski definition) is 4. The number of piperidine rings is 1. The van der Waals surface area contributed by atoms with Crippen LogP contribution in [0.5, 0.6) is 11.5 Å². The highest BCUT2D eigenvalue weighted by molar-refractivity contribution is 9.10. The van der Waals surface area contributed by atoms with Crippen LogP contribution in [0.3, 0.4) is 0 Å². The van der Waals surface area contributed by atoms with Crippen molar-refractivity contribution in [2.75, 3.05) is 29.9 Å². The third-order valence-corrected chi connectivity index (χ3v) is 6.91. The van der Waals surface area contributed by atoms with Crippen LogP contribution in [0, 0.1) is 6.92 Å². The Kier molecular flexibility index (Phi) is 8.63. The SMILES string of the molecule is CCOc1cc(CNc2ccc(N3CCCCC3)c(Cl)c2)cc(Br)c1OCc1ccc(C)cc1. The molecule has 3 aromatic carbocycles. The van der Waals surface area contributed by atoms with Crippen molar-refractivity contribution < 1.29 is 9.47 Å². The van der Waals surface area contributed by atoms with Crippen LogP contribution in [0.4, 0.5) is 11.4 Å². The van der Waals surface area contributed by atoms with Crippen LogP contribution >= 0.6 is 27.5 Å². The summed E-state index contributed by atoms with van der Waals surface area (Å²) < 4.78 is 12.9. The molecular formula is C28H32BrClN2O2. The smallest absolute Gasteiger partial charge is 0.175 e. The van der Waals surface area contributed by atoms with Crippen molar-refractivity contribution in [3.8, 4) is 11.5 Å². The normalized spacial score (nSPS) is 13.6. The number of nitrogens with zero attached hydrogens (tertiary/aromatic N) is 1. The predicted octanol–water partition coefficient (Wildman–Crippen LogP) is 7.99. The Hall–Kier alpha value is -2.37. The molecule has 4 nitrogen and oxygen atoms in total. The lowest BCUT2D eigenvalue weighted by Gasteiger charge is -2.29. The number of anilines is 2. The van der Waals surface area contributed by atoms with E-state index < -0.39 is 0 Å². The topological polar surface area (TPSA) is 33.7 Å². The molecule has 0 atom stereocenters. The molecule has 1 aliphatic heterocycles. The number of benzene rings is 3. The van der Waals surface area contributed by atoms with Gasteiger partial charge < -0.3 is 19.7 Å². The number of aryl methyl sites for hydroxylation is 1.